The molecule has 2 aromatic carbocycles. The fourth-order valence-electron chi connectivity index (χ4n) is 6.15. The molecule has 2 fully saturated rings. The van der Waals surface area contributed by atoms with Crippen LogP contribution in [0.1, 0.15) is 41.3 Å². The van der Waals surface area contributed by atoms with E-state index >= 15 is 0 Å². The molecule has 1 spiro atoms. The SMILES string of the molecule is Cc1cn(-c2ccc(/C=C3\CC4(CN5C3=NOC5(C)c3ccc(F)cc3)CS(=O)C4)c3c2CC3)cn1. The molecule has 2 saturated heterocycles. The molecular formula is C28H27FN4O2S. The highest BCUT2D eigenvalue weighted by molar-refractivity contribution is 7.86. The summed E-state index contributed by atoms with van der Waals surface area (Å²) in [6.45, 7) is 4.71. The predicted molar refractivity (Wildman–Crippen MR) is 138 cm³/mol. The zero-order chi connectivity index (χ0) is 24.7. The van der Waals surface area contributed by atoms with Crippen LogP contribution in [0.15, 0.2) is 59.7 Å². The number of imidazole rings is 1. The van der Waals surface area contributed by atoms with Crippen molar-refractivity contribution >= 4 is 22.7 Å². The highest BCUT2D eigenvalue weighted by atomic mass is 32.2. The highest BCUT2D eigenvalue weighted by Crippen LogP contribution is 2.49. The molecule has 184 valence electrons. The molecule has 6 nitrogen and oxygen atoms in total. The normalized spacial score (nSPS) is 29.3. The van der Waals surface area contributed by atoms with Crippen molar-refractivity contribution in [3.63, 3.8) is 0 Å². The van der Waals surface area contributed by atoms with Gasteiger partial charge in [0.2, 0.25) is 5.72 Å². The molecule has 3 aromatic rings. The molecule has 0 N–H and O–H groups in total. The maximum absolute atomic E-state index is 13.6. The lowest BCUT2D eigenvalue weighted by Crippen LogP contribution is -2.60. The van der Waals surface area contributed by atoms with E-state index in [9.17, 15) is 8.60 Å². The number of aryl methyl sites for hydroxylation is 1. The lowest BCUT2D eigenvalue weighted by atomic mass is 9.77. The lowest BCUT2D eigenvalue weighted by Gasteiger charge is -2.50. The third-order valence-electron chi connectivity index (χ3n) is 8.13. The second kappa shape index (κ2) is 7.62. The summed E-state index contributed by atoms with van der Waals surface area (Å²) < 4.78 is 28.0. The van der Waals surface area contributed by atoms with E-state index in [1.807, 2.05) is 20.2 Å². The lowest BCUT2D eigenvalue weighted by molar-refractivity contribution is -0.101. The van der Waals surface area contributed by atoms with Gasteiger partial charge in [-0.3, -0.25) is 4.21 Å². The van der Waals surface area contributed by atoms with E-state index in [1.54, 1.807) is 12.1 Å². The Bertz CT molecular complexity index is 1480. The van der Waals surface area contributed by atoms with E-state index in [2.05, 4.69) is 44.0 Å². The minimum atomic E-state index is -0.833. The molecule has 4 heterocycles. The van der Waals surface area contributed by atoms with Crippen molar-refractivity contribution in [3.8, 4) is 5.69 Å². The minimum Gasteiger partial charge on any atom is -0.360 e. The Morgan fingerprint density at radius 3 is 2.56 bits per heavy atom. The van der Waals surface area contributed by atoms with E-state index in [4.69, 9.17) is 4.84 Å². The highest BCUT2D eigenvalue weighted by Gasteiger charge is 2.56. The van der Waals surface area contributed by atoms with Crippen LogP contribution >= 0.6 is 0 Å². The number of halogens is 1. The van der Waals surface area contributed by atoms with Gasteiger partial charge in [0.15, 0.2) is 5.84 Å². The second-order valence-electron chi connectivity index (χ2n) is 10.7. The molecule has 4 aliphatic rings. The first-order valence-corrected chi connectivity index (χ1v) is 13.8. The molecule has 0 radical (unpaired) electrons. The largest absolute Gasteiger partial charge is 0.360 e. The average molecular weight is 503 g/mol. The van der Waals surface area contributed by atoms with Gasteiger partial charge < -0.3 is 14.3 Å². The molecule has 8 heteroatoms. The molecule has 0 amide bonds. The van der Waals surface area contributed by atoms with E-state index in [1.165, 1.54) is 34.5 Å². The number of oxime groups is 1. The number of aromatic nitrogens is 2. The monoisotopic (exact) mass is 502 g/mol. The zero-order valence-corrected chi connectivity index (χ0v) is 21.1. The van der Waals surface area contributed by atoms with Crippen molar-refractivity contribution in [2.75, 3.05) is 18.1 Å². The van der Waals surface area contributed by atoms with Crippen LogP contribution in [0.25, 0.3) is 11.8 Å². The van der Waals surface area contributed by atoms with Gasteiger partial charge in [-0.2, -0.15) is 0 Å². The van der Waals surface area contributed by atoms with Crippen LogP contribution in [-0.2, 0) is 34.2 Å². The summed E-state index contributed by atoms with van der Waals surface area (Å²) in [5, 5.41) is 4.56. The smallest absolute Gasteiger partial charge is 0.234 e. The second-order valence-corrected chi connectivity index (χ2v) is 12.2. The Morgan fingerprint density at radius 2 is 1.89 bits per heavy atom. The summed E-state index contributed by atoms with van der Waals surface area (Å²) in [4.78, 5) is 12.7. The van der Waals surface area contributed by atoms with Crippen LogP contribution in [0.3, 0.4) is 0 Å². The molecule has 7 rings (SSSR count). The van der Waals surface area contributed by atoms with Gasteiger partial charge in [0.1, 0.15) is 5.82 Å². The molecular weight excluding hydrogens is 475 g/mol. The van der Waals surface area contributed by atoms with Crippen molar-refractivity contribution < 1.29 is 13.4 Å². The van der Waals surface area contributed by atoms with E-state index in [-0.39, 0.29) is 11.2 Å². The number of hydrogen-bond donors (Lipinski definition) is 0. The van der Waals surface area contributed by atoms with Gasteiger partial charge in [-0.25, -0.2) is 9.37 Å². The molecule has 0 bridgehead atoms. The number of piperidine rings is 1. The third-order valence-corrected chi connectivity index (χ3v) is 10.00. The first-order chi connectivity index (χ1) is 17.3. The summed E-state index contributed by atoms with van der Waals surface area (Å²) in [7, 11) is -0.782. The molecule has 1 unspecified atom stereocenters. The summed E-state index contributed by atoms with van der Waals surface area (Å²) in [6, 6.07) is 10.8. The Hall–Kier alpha value is -3.26. The standard InChI is InChI=1S/C28H27FN4O2S/c1-18-13-32(17-30-18)25-10-3-19(23-8-9-24(23)25)11-20-12-28(15-36(34)16-28)14-33-26(20)31-35-27(33,2)21-4-6-22(29)7-5-21/h3-7,10-11,13,17H,8-9,12,14-16H2,1-2H3/b20-11+. The zero-order valence-electron chi connectivity index (χ0n) is 20.3. The first kappa shape index (κ1) is 22.0. The molecule has 3 aliphatic heterocycles. The van der Waals surface area contributed by atoms with Gasteiger partial charge in [0, 0.05) is 58.6 Å². The number of benzene rings is 2. The third kappa shape index (κ3) is 3.23. The van der Waals surface area contributed by atoms with Gasteiger partial charge in [-0.05, 0) is 72.7 Å². The van der Waals surface area contributed by atoms with Crippen molar-refractivity contribution in [3.05, 3.63) is 88.3 Å². The van der Waals surface area contributed by atoms with E-state index in [0.29, 0.717) is 11.5 Å². The Kier molecular flexibility index (Phi) is 4.65. The van der Waals surface area contributed by atoms with Crippen molar-refractivity contribution in [1.29, 1.82) is 0 Å². The van der Waals surface area contributed by atoms with Gasteiger partial charge in [-0.15, -0.1) is 0 Å². The number of amidine groups is 1. The van der Waals surface area contributed by atoms with Gasteiger partial charge >= 0.3 is 0 Å². The molecule has 1 aliphatic carbocycles. The fraction of sp³-hybridized carbons (Fsp3) is 0.357. The van der Waals surface area contributed by atoms with Crippen LogP contribution in [0.4, 0.5) is 4.39 Å². The first-order valence-electron chi connectivity index (χ1n) is 12.4. The topological polar surface area (TPSA) is 59.7 Å². The summed E-state index contributed by atoms with van der Waals surface area (Å²) in [5.74, 6) is 1.92. The Balaban J connectivity index is 1.29. The summed E-state index contributed by atoms with van der Waals surface area (Å²) in [6.07, 6.45) is 9.13. The van der Waals surface area contributed by atoms with E-state index in [0.717, 1.165) is 48.5 Å². The predicted octanol–water partition coefficient (Wildman–Crippen LogP) is 4.47. The van der Waals surface area contributed by atoms with Crippen LogP contribution in [0, 0.1) is 18.2 Å². The summed E-state index contributed by atoms with van der Waals surface area (Å²) >= 11 is 0. The number of hydrogen-bond acceptors (Lipinski definition) is 5. The Morgan fingerprint density at radius 1 is 1.11 bits per heavy atom. The molecule has 1 atom stereocenters. The minimum absolute atomic E-state index is 0.0634. The molecule has 0 saturated carbocycles. The maximum atomic E-state index is 13.6. The van der Waals surface area contributed by atoms with Gasteiger partial charge in [0.25, 0.3) is 0 Å². The van der Waals surface area contributed by atoms with Crippen LogP contribution < -0.4 is 0 Å². The number of nitrogens with zero attached hydrogens (tertiary/aromatic N) is 4. The van der Waals surface area contributed by atoms with Gasteiger partial charge in [0.05, 0.1) is 12.0 Å². The van der Waals surface area contributed by atoms with Crippen molar-refractivity contribution in [2.24, 2.45) is 10.6 Å². The Labute approximate surface area is 211 Å². The van der Waals surface area contributed by atoms with Crippen LogP contribution in [0.2, 0.25) is 0 Å². The van der Waals surface area contributed by atoms with Crippen LogP contribution in [0.5, 0.6) is 0 Å². The van der Waals surface area contributed by atoms with Crippen molar-refractivity contribution in [1.82, 2.24) is 14.5 Å². The molecule has 36 heavy (non-hydrogen) atoms. The van der Waals surface area contributed by atoms with Gasteiger partial charge in [-0.1, -0.05) is 23.4 Å². The maximum Gasteiger partial charge on any atom is 0.234 e. The fourth-order valence-corrected chi connectivity index (χ4v) is 7.81. The van der Waals surface area contributed by atoms with Crippen LogP contribution in [-0.4, -0.2) is 42.5 Å². The average Bonchev–Trinajstić information content (AvgIpc) is 3.38. The number of fused-ring (bicyclic) bond motifs is 2. The summed E-state index contributed by atoms with van der Waals surface area (Å²) in [5.41, 5.74) is 7.22. The van der Waals surface area contributed by atoms with E-state index < -0.39 is 16.5 Å². The molecule has 1 aromatic heterocycles. The van der Waals surface area contributed by atoms with Crippen molar-refractivity contribution in [2.45, 2.75) is 38.8 Å². The number of rotatable bonds is 3. The quantitative estimate of drug-likeness (QED) is 0.530.